The van der Waals surface area contributed by atoms with E-state index in [2.05, 4.69) is 4.72 Å². The van der Waals surface area contributed by atoms with Crippen LogP contribution < -0.4 is 4.72 Å². The second-order valence-electron chi connectivity index (χ2n) is 3.65. The maximum absolute atomic E-state index is 10.6. The highest BCUT2D eigenvalue weighted by molar-refractivity contribution is 7.88. The molecule has 0 radical (unpaired) electrons. The lowest BCUT2D eigenvalue weighted by Gasteiger charge is -2.17. The van der Waals surface area contributed by atoms with Crippen molar-refractivity contribution in [2.45, 2.75) is 20.8 Å². The normalized spacial score (nSPS) is 13.6. The van der Waals surface area contributed by atoms with Crippen molar-refractivity contribution >= 4 is 10.0 Å². The molecule has 0 saturated carbocycles. The molecule has 0 amide bonds. The van der Waals surface area contributed by atoms with Gasteiger partial charge in [0.15, 0.2) is 0 Å². The van der Waals surface area contributed by atoms with Crippen molar-refractivity contribution < 1.29 is 8.42 Å². The molecule has 0 aromatic carbocycles. The summed E-state index contributed by atoms with van der Waals surface area (Å²) in [5, 5.41) is 0. The van der Waals surface area contributed by atoms with E-state index < -0.39 is 10.0 Å². The number of nitrogens with one attached hydrogen (secondary N) is 1. The van der Waals surface area contributed by atoms with E-state index in [9.17, 15) is 8.42 Å². The summed E-state index contributed by atoms with van der Waals surface area (Å²) in [6.45, 7) is 6.42. The maximum atomic E-state index is 10.6. The summed E-state index contributed by atoms with van der Waals surface area (Å²) in [5.41, 5.74) is 0.0169. The first-order valence-corrected chi connectivity index (χ1v) is 5.04. The molecular weight excluding hydrogens is 150 g/mol. The zero-order valence-corrected chi connectivity index (χ0v) is 7.75. The van der Waals surface area contributed by atoms with E-state index in [0.717, 1.165) is 0 Å². The van der Waals surface area contributed by atoms with Gasteiger partial charge in [-0.3, -0.25) is 0 Å². The summed E-state index contributed by atoms with van der Waals surface area (Å²) >= 11 is 0. The zero-order chi connectivity index (χ0) is 8.41. The van der Waals surface area contributed by atoms with E-state index in [1.54, 1.807) is 0 Å². The SMILES string of the molecule is CC(C)(C)CNS(C)(=O)=O. The molecule has 0 aromatic heterocycles. The third-order valence-corrected chi connectivity index (χ3v) is 1.53. The van der Waals surface area contributed by atoms with Crippen molar-refractivity contribution in [3.05, 3.63) is 0 Å². The Bertz CT molecular complexity index is 188. The van der Waals surface area contributed by atoms with Gasteiger partial charge in [0.1, 0.15) is 0 Å². The minimum atomic E-state index is -3.01. The van der Waals surface area contributed by atoms with Gasteiger partial charge in [-0.1, -0.05) is 20.8 Å². The van der Waals surface area contributed by atoms with Crippen LogP contribution in [0, 0.1) is 5.41 Å². The van der Waals surface area contributed by atoms with Crippen LogP contribution in [0.25, 0.3) is 0 Å². The van der Waals surface area contributed by atoms with Gasteiger partial charge in [-0.15, -0.1) is 0 Å². The second-order valence-corrected chi connectivity index (χ2v) is 5.49. The molecule has 0 bridgehead atoms. The van der Waals surface area contributed by atoms with Crippen molar-refractivity contribution in [3.8, 4) is 0 Å². The van der Waals surface area contributed by atoms with E-state index in [1.165, 1.54) is 6.26 Å². The lowest BCUT2D eigenvalue weighted by molar-refractivity contribution is 0.408. The van der Waals surface area contributed by atoms with Crippen LogP contribution in [0.3, 0.4) is 0 Å². The molecule has 3 nitrogen and oxygen atoms in total. The molecule has 0 heterocycles. The van der Waals surface area contributed by atoms with Crippen LogP contribution in [0.2, 0.25) is 0 Å². The third-order valence-electron chi connectivity index (χ3n) is 0.865. The first kappa shape index (κ1) is 9.91. The van der Waals surface area contributed by atoms with Crippen LogP contribution in [-0.2, 0) is 10.0 Å². The molecule has 0 unspecified atom stereocenters. The Morgan fingerprint density at radius 1 is 1.30 bits per heavy atom. The van der Waals surface area contributed by atoms with Crippen molar-refractivity contribution in [2.24, 2.45) is 5.41 Å². The first-order chi connectivity index (χ1) is 4.21. The largest absolute Gasteiger partial charge is 0.215 e. The highest BCUT2D eigenvalue weighted by Gasteiger charge is 2.11. The Hall–Kier alpha value is -0.0900. The second kappa shape index (κ2) is 2.88. The number of rotatable bonds is 2. The molecule has 0 fully saturated rings. The molecule has 0 aliphatic carbocycles. The van der Waals surface area contributed by atoms with Gasteiger partial charge in [0.05, 0.1) is 6.26 Å². The lowest BCUT2D eigenvalue weighted by Crippen LogP contribution is -2.31. The minimum absolute atomic E-state index is 0.0169. The Morgan fingerprint density at radius 2 is 1.70 bits per heavy atom. The average Bonchev–Trinajstić information content (AvgIpc) is 1.57. The van der Waals surface area contributed by atoms with E-state index >= 15 is 0 Å². The summed E-state index contributed by atoms with van der Waals surface area (Å²) in [6.07, 6.45) is 1.17. The minimum Gasteiger partial charge on any atom is -0.215 e. The molecule has 0 rings (SSSR count). The molecule has 0 saturated heterocycles. The van der Waals surface area contributed by atoms with Gasteiger partial charge in [0, 0.05) is 6.54 Å². The smallest absolute Gasteiger partial charge is 0.208 e. The van der Waals surface area contributed by atoms with E-state index in [-0.39, 0.29) is 5.41 Å². The molecule has 0 spiro atoms. The van der Waals surface area contributed by atoms with Crippen molar-refractivity contribution in [1.29, 1.82) is 0 Å². The predicted octanol–water partition coefficient (Wildman–Crippen LogP) is 0.582. The molecule has 0 aliphatic heterocycles. The number of sulfonamides is 1. The number of hydrogen-bond acceptors (Lipinski definition) is 2. The van der Waals surface area contributed by atoms with Crippen molar-refractivity contribution in [2.75, 3.05) is 12.8 Å². The van der Waals surface area contributed by atoms with E-state index in [1.807, 2.05) is 20.8 Å². The Labute approximate surface area is 62.9 Å². The van der Waals surface area contributed by atoms with E-state index in [4.69, 9.17) is 0 Å². The fourth-order valence-electron chi connectivity index (χ4n) is 0.348. The van der Waals surface area contributed by atoms with Gasteiger partial charge in [-0.25, -0.2) is 13.1 Å². The van der Waals surface area contributed by atoms with Gasteiger partial charge < -0.3 is 0 Å². The zero-order valence-electron chi connectivity index (χ0n) is 6.93. The summed E-state index contributed by atoms with van der Waals surface area (Å²) in [4.78, 5) is 0. The Kier molecular flexibility index (Phi) is 2.86. The van der Waals surface area contributed by atoms with Crippen LogP contribution in [0.15, 0.2) is 0 Å². The summed E-state index contributed by atoms with van der Waals surface area (Å²) in [6, 6.07) is 0. The van der Waals surface area contributed by atoms with E-state index in [0.29, 0.717) is 6.54 Å². The molecule has 1 N–H and O–H groups in total. The highest BCUT2D eigenvalue weighted by Crippen LogP contribution is 2.10. The van der Waals surface area contributed by atoms with Gasteiger partial charge in [-0.05, 0) is 5.41 Å². The number of hydrogen-bond donors (Lipinski definition) is 1. The van der Waals surface area contributed by atoms with Crippen LogP contribution in [0.4, 0.5) is 0 Å². The quantitative estimate of drug-likeness (QED) is 0.650. The summed E-state index contributed by atoms with van der Waals surface area (Å²) in [7, 11) is -3.01. The third kappa shape index (κ3) is 7.91. The fraction of sp³-hybridized carbons (Fsp3) is 1.00. The Morgan fingerprint density at radius 3 is 1.80 bits per heavy atom. The van der Waals surface area contributed by atoms with Crippen LogP contribution in [0.1, 0.15) is 20.8 Å². The van der Waals surface area contributed by atoms with Crippen LogP contribution in [0.5, 0.6) is 0 Å². The fourth-order valence-corrected chi connectivity index (χ4v) is 1.04. The van der Waals surface area contributed by atoms with Crippen LogP contribution in [-0.4, -0.2) is 21.2 Å². The molecule has 4 heteroatoms. The van der Waals surface area contributed by atoms with Gasteiger partial charge in [0.25, 0.3) is 0 Å². The molecule has 0 atom stereocenters. The monoisotopic (exact) mass is 165 g/mol. The predicted molar refractivity (Wildman–Crippen MR) is 42.3 cm³/mol. The molecule has 10 heavy (non-hydrogen) atoms. The molecular formula is C6H15NO2S. The summed E-state index contributed by atoms with van der Waals surface area (Å²) < 4.78 is 23.6. The Balaban J connectivity index is 3.79. The average molecular weight is 165 g/mol. The lowest BCUT2D eigenvalue weighted by atomic mass is 9.98. The molecule has 62 valence electrons. The first-order valence-electron chi connectivity index (χ1n) is 3.15. The topological polar surface area (TPSA) is 46.2 Å². The maximum Gasteiger partial charge on any atom is 0.208 e. The van der Waals surface area contributed by atoms with Gasteiger partial charge >= 0.3 is 0 Å². The van der Waals surface area contributed by atoms with Gasteiger partial charge in [0.2, 0.25) is 10.0 Å². The molecule has 0 aromatic rings. The molecule has 0 aliphatic rings. The van der Waals surface area contributed by atoms with Crippen LogP contribution >= 0.6 is 0 Å². The summed E-state index contributed by atoms with van der Waals surface area (Å²) in [5.74, 6) is 0. The standard InChI is InChI=1S/C6H15NO2S/c1-6(2,3)5-7-10(4,8)9/h7H,5H2,1-4H3. The van der Waals surface area contributed by atoms with Crippen molar-refractivity contribution in [3.63, 3.8) is 0 Å². The highest BCUT2D eigenvalue weighted by atomic mass is 32.2. The van der Waals surface area contributed by atoms with Crippen molar-refractivity contribution in [1.82, 2.24) is 4.72 Å². The van der Waals surface area contributed by atoms with Gasteiger partial charge in [-0.2, -0.15) is 0 Å².